The summed E-state index contributed by atoms with van der Waals surface area (Å²) < 4.78 is 28.4. The first-order valence-electron chi connectivity index (χ1n) is 6.75. The summed E-state index contributed by atoms with van der Waals surface area (Å²) >= 11 is 3.27. The number of halogens is 1. The van der Waals surface area contributed by atoms with Crippen molar-refractivity contribution in [2.24, 2.45) is 5.92 Å². The second kappa shape index (κ2) is 5.29. The van der Waals surface area contributed by atoms with Gasteiger partial charge in [0.15, 0.2) is 0 Å². The van der Waals surface area contributed by atoms with E-state index >= 15 is 0 Å². The average Bonchev–Trinajstić information content (AvgIpc) is 2.42. The van der Waals surface area contributed by atoms with Crippen molar-refractivity contribution in [2.45, 2.75) is 23.8 Å². The third kappa shape index (κ3) is 2.72. The summed E-state index contributed by atoms with van der Waals surface area (Å²) in [5.74, 6) is 0.465. The van der Waals surface area contributed by atoms with E-state index in [1.807, 2.05) is 0 Å². The van der Waals surface area contributed by atoms with Gasteiger partial charge in [0.1, 0.15) is 0 Å². The Morgan fingerprint density at radius 1 is 1.30 bits per heavy atom. The van der Waals surface area contributed by atoms with Gasteiger partial charge in [0.2, 0.25) is 10.0 Å². The van der Waals surface area contributed by atoms with Crippen LogP contribution in [-0.2, 0) is 10.0 Å². The van der Waals surface area contributed by atoms with Gasteiger partial charge in [0, 0.05) is 22.7 Å². The van der Waals surface area contributed by atoms with E-state index < -0.39 is 10.0 Å². The third-order valence-electron chi connectivity index (χ3n) is 4.24. The van der Waals surface area contributed by atoms with Crippen LogP contribution in [0, 0.1) is 5.92 Å². The summed E-state index contributed by atoms with van der Waals surface area (Å²) in [6, 6.07) is 4.73. The molecule has 1 aromatic rings. The molecule has 2 bridgehead atoms. The van der Waals surface area contributed by atoms with Crippen molar-refractivity contribution >= 4 is 31.6 Å². The van der Waals surface area contributed by atoms with Gasteiger partial charge in [-0.15, -0.1) is 0 Å². The molecule has 1 unspecified atom stereocenters. The van der Waals surface area contributed by atoms with Crippen LogP contribution in [0.1, 0.15) is 12.8 Å². The molecule has 3 saturated heterocycles. The fourth-order valence-electron chi connectivity index (χ4n) is 3.04. The molecule has 5 nitrogen and oxygen atoms in total. The van der Waals surface area contributed by atoms with Crippen molar-refractivity contribution in [1.82, 2.24) is 9.62 Å². The van der Waals surface area contributed by atoms with Gasteiger partial charge in [-0.25, -0.2) is 13.1 Å². The van der Waals surface area contributed by atoms with E-state index in [9.17, 15) is 8.42 Å². The van der Waals surface area contributed by atoms with Crippen LogP contribution in [0.15, 0.2) is 27.6 Å². The van der Waals surface area contributed by atoms with Gasteiger partial charge in [-0.2, -0.15) is 0 Å². The minimum Gasteiger partial charge on any atom is -0.398 e. The number of hydrogen-bond donors (Lipinski definition) is 2. The first-order valence-corrected chi connectivity index (χ1v) is 9.03. The Morgan fingerprint density at radius 3 is 2.55 bits per heavy atom. The minimum absolute atomic E-state index is 0.0267. The zero-order chi connectivity index (χ0) is 14.3. The molecule has 0 radical (unpaired) electrons. The zero-order valence-electron chi connectivity index (χ0n) is 11.0. The van der Waals surface area contributed by atoms with Crippen molar-refractivity contribution in [2.75, 3.05) is 25.4 Å². The fraction of sp³-hybridized carbons (Fsp3) is 0.538. The Kier molecular flexibility index (Phi) is 3.79. The first kappa shape index (κ1) is 14.3. The highest BCUT2D eigenvalue weighted by atomic mass is 79.9. The van der Waals surface area contributed by atoms with Crippen molar-refractivity contribution < 1.29 is 8.42 Å². The highest BCUT2D eigenvalue weighted by molar-refractivity contribution is 9.10. The van der Waals surface area contributed by atoms with Gasteiger partial charge >= 0.3 is 0 Å². The largest absolute Gasteiger partial charge is 0.398 e. The Balaban J connectivity index is 1.80. The Labute approximate surface area is 127 Å². The van der Waals surface area contributed by atoms with Crippen LogP contribution in [0.4, 0.5) is 5.69 Å². The molecule has 3 N–H and O–H groups in total. The lowest BCUT2D eigenvalue weighted by Crippen LogP contribution is -2.57. The second-order valence-corrected chi connectivity index (χ2v) is 8.12. The summed E-state index contributed by atoms with van der Waals surface area (Å²) in [6.07, 6.45) is 2.16. The maximum Gasteiger partial charge on any atom is 0.240 e. The third-order valence-corrected chi connectivity index (χ3v) is 6.42. The van der Waals surface area contributed by atoms with Gasteiger partial charge < -0.3 is 10.6 Å². The minimum atomic E-state index is -3.48. The first-order chi connectivity index (χ1) is 9.45. The van der Waals surface area contributed by atoms with Crippen LogP contribution in [0.25, 0.3) is 0 Å². The van der Waals surface area contributed by atoms with Crippen LogP contribution in [0.5, 0.6) is 0 Å². The molecule has 0 spiro atoms. The lowest BCUT2D eigenvalue weighted by Gasteiger charge is -2.44. The van der Waals surface area contributed by atoms with E-state index in [1.54, 1.807) is 18.2 Å². The molecule has 3 heterocycles. The van der Waals surface area contributed by atoms with E-state index in [-0.39, 0.29) is 10.9 Å². The molecular weight excluding hydrogens is 342 g/mol. The van der Waals surface area contributed by atoms with Gasteiger partial charge in [0.25, 0.3) is 0 Å². The molecule has 7 heteroatoms. The molecular formula is C13H18BrN3O2S. The van der Waals surface area contributed by atoms with E-state index in [2.05, 4.69) is 25.6 Å². The number of sulfonamides is 1. The van der Waals surface area contributed by atoms with Gasteiger partial charge in [-0.05, 0) is 66.0 Å². The molecule has 3 aliphatic rings. The number of piperidine rings is 3. The van der Waals surface area contributed by atoms with Gasteiger partial charge in [-0.3, -0.25) is 0 Å². The van der Waals surface area contributed by atoms with Gasteiger partial charge in [0.05, 0.1) is 4.90 Å². The number of nitrogen functional groups attached to an aromatic ring is 1. The molecule has 4 rings (SSSR count). The molecule has 3 aliphatic heterocycles. The van der Waals surface area contributed by atoms with Crippen LogP contribution in [0.2, 0.25) is 0 Å². The maximum absolute atomic E-state index is 12.4. The van der Waals surface area contributed by atoms with E-state index in [0.29, 0.717) is 16.1 Å². The molecule has 0 saturated carbocycles. The summed E-state index contributed by atoms with van der Waals surface area (Å²) in [4.78, 5) is 2.58. The molecule has 1 aromatic carbocycles. The van der Waals surface area contributed by atoms with Gasteiger partial charge in [-0.1, -0.05) is 0 Å². The number of nitrogens with zero attached hydrogens (tertiary/aromatic N) is 1. The Hall–Kier alpha value is -0.630. The molecule has 0 aromatic heterocycles. The molecule has 20 heavy (non-hydrogen) atoms. The molecule has 1 atom stereocenters. The average molecular weight is 360 g/mol. The summed E-state index contributed by atoms with van der Waals surface area (Å²) in [6.45, 7) is 3.01. The van der Waals surface area contributed by atoms with Crippen molar-refractivity contribution in [3.8, 4) is 0 Å². The lowest BCUT2D eigenvalue weighted by atomic mass is 9.85. The predicted octanol–water partition coefficient (Wildman–Crippen LogP) is 1.40. The number of hydrogen-bond acceptors (Lipinski definition) is 4. The fourth-order valence-corrected chi connectivity index (χ4v) is 4.89. The molecule has 3 fully saturated rings. The highest BCUT2D eigenvalue weighted by Gasteiger charge is 2.36. The Bertz CT molecular complexity index is 612. The van der Waals surface area contributed by atoms with Crippen LogP contribution >= 0.6 is 15.9 Å². The van der Waals surface area contributed by atoms with Crippen molar-refractivity contribution in [3.05, 3.63) is 22.7 Å². The number of nitrogens with two attached hydrogens (primary N) is 1. The number of fused-ring (bicyclic) bond motifs is 3. The smallest absolute Gasteiger partial charge is 0.240 e. The van der Waals surface area contributed by atoms with Crippen molar-refractivity contribution in [1.29, 1.82) is 0 Å². The van der Waals surface area contributed by atoms with E-state index in [0.717, 1.165) is 32.5 Å². The van der Waals surface area contributed by atoms with E-state index in [1.165, 1.54) is 0 Å². The Morgan fingerprint density at radius 2 is 2.00 bits per heavy atom. The standard InChI is InChI=1S/C13H18BrN3O2S/c14-11-7-10(1-2-12(11)15)20(18,19)16-13-8-17-5-3-9(13)4-6-17/h1-2,7,9,13,16H,3-6,8,15H2. The zero-order valence-corrected chi connectivity index (χ0v) is 13.5. The topological polar surface area (TPSA) is 75.4 Å². The second-order valence-electron chi connectivity index (χ2n) is 5.55. The van der Waals surface area contributed by atoms with Crippen LogP contribution in [0.3, 0.4) is 0 Å². The summed E-state index contributed by atoms with van der Waals surface area (Å²) in [5, 5.41) is 0. The van der Waals surface area contributed by atoms with Crippen molar-refractivity contribution in [3.63, 3.8) is 0 Å². The molecule has 0 aliphatic carbocycles. The summed E-state index contributed by atoms with van der Waals surface area (Å²) in [5.41, 5.74) is 6.23. The maximum atomic E-state index is 12.4. The number of rotatable bonds is 3. The number of nitrogens with one attached hydrogen (secondary N) is 1. The predicted molar refractivity (Wildman–Crippen MR) is 81.8 cm³/mol. The monoisotopic (exact) mass is 359 g/mol. The summed E-state index contributed by atoms with van der Waals surface area (Å²) in [7, 11) is -3.48. The SMILES string of the molecule is Nc1ccc(S(=O)(=O)NC2CN3CCC2CC3)cc1Br. The van der Waals surface area contributed by atoms with Crippen LogP contribution < -0.4 is 10.5 Å². The molecule has 110 valence electrons. The number of benzene rings is 1. The highest BCUT2D eigenvalue weighted by Crippen LogP contribution is 2.29. The normalized spacial score (nSPS) is 29.6. The molecule has 0 amide bonds. The lowest BCUT2D eigenvalue weighted by molar-refractivity contribution is 0.0827. The van der Waals surface area contributed by atoms with E-state index in [4.69, 9.17) is 5.73 Å². The van der Waals surface area contributed by atoms with Crippen LogP contribution in [-0.4, -0.2) is 39.0 Å². The number of anilines is 1. The quantitative estimate of drug-likeness (QED) is 0.800.